The average molecular weight is 214 g/mol. The molecule has 1 N–H and O–H groups in total. The molecule has 1 unspecified atom stereocenters. The van der Waals surface area contributed by atoms with Crippen molar-refractivity contribution in [3.8, 4) is 0 Å². The van der Waals surface area contributed by atoms with E-state index < -0.39 is 28.0 Å². The summed E-state index contributed by atoms with van der Waals surface area (Å²) in [6.45, 7) is 0. The molecule has 0 amide bonds. The van der Waals surface area contributed by atoms with E-state index in [1.165, 1.54) is 0 Å². The Morgan fingerprint density at radius 2 is 1.50 bits per heavy atom. The van der Waals surface area contributed by atoms with Crippen molar-refractivity contribution >= 4 is 10.1 Å². The predicted octanol–water partition coefficient (Wildman–Crippen LogP) is 1.07. The Bertz CT molecular complexity index is 241. The summed E-state index contributed by atoms with van der Waals surface area (Å²) in [5.41, 5.74) is 0. The summed E-state index contributed by atoms with van der Waals surface area (Å²) < 4.78 is 84.5. The van der Waals surface area contributed by atoms with Crippen molar-refractivity contribution in [1.82, 2.24) is 0 Å². The fraction of sp³-hybridized carbons (Fsp3) is 1.00. The van der Waals surface area contributed by atoms with Crippen LogP contribution in [0.3, 0.4) is 0 Å². The second-order valence-electron chi connectivity index (χ2n) is 1.81. The number of halogens is 5. The third kappa shape index (κ3) is 2.89. The molecule has 0 fully saturated rings. The monoisotopic (exact) mass is 214 g/mol. The van der Waals surface area contributed by atoms with E-state index in [-0.39, 0.29) is 0 Å². The maximum Gasteiger partial charge on any atom is 0.413 e. The number of rotatable bonds is 2. The van der Waals surface area contributed by atoms with Crippen LogP contribution in [-0.2, 0) is 10.1 Å². The molecule has 0 saturated heterocycles. The number of hydrogen-bond acceptors (Lipinski definition) is 2. The summed E-state index contributed by atoms with van der Waals surface area (Å²) in [4.78, 5) is 0. The molecule has 0 bridgehead atoms. The van der Waals surface area contributed by atoms with Gasteiger partial charge in [-0.15, -0.1) is 0 Å². The van der Waals surface area contributed by atoms with Crippen LogP contribution in [0.4, 0.5) is 22.0 Å². The van der Waals surface area contributed by atoms with Crippen LogP contribution < -0.4 is 0 Å². The fourth-order valence-electron chi connectivity index (χ4n) is 0.442. The molecule has 12 heavy (non-hydrogen) atoms. The molecule has 0 aromatic heterocycles. The molecular formula is C3H3F5O3S. The lowest BCUT2D eigenvalue weighted by molar-refractivity contribution is -0.154. The van der Waals surface area contributed by atoms with Crippen molar-refractivity contribution in [1.29, 1.82) is 0 Å². The van der Waals surface area contributed by atoms with E-state index in [0.29, 0.717) is 0 Å². The lowest BCUT2D eigenvalue weighted by atomic mass is 10.4. The highest BCUT2D eigenvalue weighted by molar-refractivity contribution is 7.86. The lowest BCUT2D eigenvalue weighted by Gasteiger charge is -2.15. The largest absolute Gasteiger partial charge is 0.413 e. The molecule has 0 radical (unpaired) electrons. The molecule has 1 atom stereocenters. The van der Waals surface area contributed by atoms with E-state index in [9.17, 15) is 30.4 Å². The predicted molar refractivity (Wildman–Crippen MR) is 27.4 cm³/mol. The highest BCUT2D eigenvalue weighted by atomic mass is 32.2. The highest BCUT2D eigenvalue weighted by Crippen LogP contribution is 2.29. The third-order valence-electron chi connectivity index (χ3n) is 0.872. The molecule has 0 aromatic rings. The average Bonchev–Trinajstić information content (AvgIpc) is 1.49. The second kappa shape index (κ2) is 3.13. The third-order valence-corrected chi connectivity index (χ3v) is 1.99. The summed E-state index contributed by atoms with van der Waals surface area (Å²) in [6.07, 6.45) is -9.86. The van der Waals surface area contributed by atoms with Crippen LogP contribution in [-0.4, -0.2) is 30.8 Å². The maximum atomic E-state index is 11.4. The van der Waals surface area contributed by atoms with Crippen molar-refractivity contribution in [2.45, 2.75) is 17.9 Å². The van der Waals surface area contributed by atoms with E-state index >= 15 is 0 Å². The van der Waals surface area contributed by atoms with Gasteiger partial charge in [0.15, 0.2) is 0 Å². The van der Waals surface area contributed by atoms with Crippen LogP contribution >= 0.6 is 0 Å². The van der Waals surface area contributed by atoms with Crippen molar-refractivity contribution in [2.24, 2.45) is 0 Å². The minimum Gasteiger partial charge on any atom is -0.285 e. The van der Waals surface area contributed by atoms with Gasteiger partial charge in [0.1, 0.15) is 0 Å². The Morgan fingerprint density at radius 3 is 1.50 bits per heavy atom. The molecule has 0 aliphatic heterocycles. The fourth-order valence-corrected chi connectivity index (χ4v) is 1.04. The quantitative estimate of drug-likeness (QED) is 0.552. The van der Waals surface area contributed by atoms with Crippen molar-refractivity contribution in [3.63, 3.8) is 0 Å². The number of hydrogen-bond donors (Lipinski definition) is 1. The molecule has 3 nitrogen and oxygen atoms in total. The zero-order chi connectivity index (χ0) is 10.2. The summed E-state index contributed by atoms with van der Waals surface area (Å²) in [7, 11) is -5.80. The van der Waals surface area contributed by atoms with Crippen LogP contribution in [0.25, 0.3) is 0 Å². The van der Waals surface area contributed by atoms with E-state index in [1.54, 1.807) is 0 Å². The molecule has 0 rings (SSSR count). The molecule has 0 spiro atoms. The SMILES string of the molecule is O=S(=O)(O)C(C(F)F)C(F)(F)F. The normalized spacial score (nSPS) is 16.6. The first kappa shape index (κ1) is 11.6. The van der Waals surface area contributed by atoms with Gasteiger partial charge in [-0.3, -0.25) is 4.55 Å². The van der Waals surface area contributed by atoms with Gasteiger partial charge in [0.05, 0.1) is 0 Å². The first-order valence-electron chi connectivity index (χ1n) is 2.38. The minimum absolute atomic E-state index is 4.02. The van der Waals surface area contributed by atoms with Gasteiger partial charge in [-0.05, 0) is 0 Å². The second-order valence-corrected chi connectivity index (χ2v) is 3.35. The van der Waals surface area contributed by atoms with Crippen molar-refractivity contribution in [3.05, 3.63) is 0 Å². The molecule has 0 heterocycles. The Kier molecular flexibility index (Phi) is 3.02. The highest BCUT2D eigenvalue weighted by Gasteiger charge is 2.54. The summed E-state index contributed by atoms with van der Waals surface area (Å²) in [6, 6.07) is 0. The van der Waals surface area contributed by atoms with Crippen molar-refractivity contribution in [2.75, 3.05) is 0 Å². The zero-order valence-corrected chi connectivity index (χ0v) is 6.03. The van der Waals surface area contributed by atoms with Crippen LogP contribution in [0, 0.1) is 0 Å². The molecule has 0 aliphatic carbocycles. The molecule has 0 aromatic carbocycles. The summed E-state index contributed by atoms with van der Waals surface area (Å²) >= 11 is 0. The van der Waals surface area contributed by atoms with Crippen LogP contribution in [0.2, 0.25) is 0 Å². The lowest BCUT2D eigenvalue weighted by Crippen LogP contribution is -2.42. The van der Waals surface area contributed by atoms with E-state index in [1.807, 2.05) is 0 Å². The number of alkyl halides is 5. The Labute approximate surface area is 63.9 Å². The summed E-state index contributed by atoms with van der Waals surface area (Å²) in [5.74, 6) is 0. The van der Waals surface area contributed by atoms with Crippen molar-refractivity contribution < 1.29 is 34.9 Å². The van der Waals surface area contributed by atoms with E-state index in [0.717, 1.165) is 0 Å². The van der Waals surface area contributed by atoms with Gasteiger partial charge in [0, 0.05) is 0 Å². The van der Waals surface area contributed by atoms with Crippen LogP contribution in [0.5, 0.6) is 0 Å². The van der Waals surface area contributed by atoms with Gasteiger partial charge >= 0.3 is 6.18 Å². The van der Waals surface area contributed by atoms with E-state index in [2.05, 4.69) is 0 Å². The Morgan fingerprint density at radius 1 is 1.17 bits per heavy atom. The van der Waals surface area contributed by atoms with Gasteiger partial charge in [0.25, 0.3) is 16.5 Å². The first-order valence-corrected chi connectivity index (χ1v) is 3.88. The Balaban J connectivity index is 4.97. The smallest absolute Gasteiger partial charge is 0.285 e. The molecule has 0 saturated carbocycles. The minimum atomic E-state index is -5.80. The first-order chi connectivity index (χ1) is 5.07. The Hall–Kier alpha value is -0.440. The van der Waals surface area contributed by atoms with Crippen LogP contribution in [0.15, 0.2) is 0 Å². The van der Waals surface area contributed by atoms with Gasteiger partial charge in [-0.1, -0.05) is 0 Å². The molecular weight excluding hydrogens is 211 g/mol. The zero-order valence-electron chi connectivity index (χ0n) is 5.22. The molecule has 74 valence electrons. The van der Waals surface area contributed by atoms with Gasteiger partial charge in [-0.2, -0.15) is 21.6 Å². The van der Waals surface area contributed by atoms with Crippen LogP contribution in [0.1, 0.15) is 0 Å². The molecule has 0 aliphatic rings. The van der Waals surface area contributed by atoms with Gasteiger partial charge in [0.2, 0.25) is 5.25 Å². The standard InChI is InChI=1S/C3H3F5O3S/c4-2(5)1(3(6,7)8)12(9,10)11/h1-2H,(H,9,10,11). The van der Waals surface area contributed by atoms with Gasteiger partial charge < -0.3 is 0 Å². The molecule has 9 heteroatoms. The van der Waals surface area contributed by atoms with E-state index in [4.69, 9.17) is 4.55 Å². The topological polar surface area (TPSA) is 54.4 Å². The summed E-state index contributed by atoms with van der Waals surface area (Å²) in [5, 5.41) is -4.02. The van der Waals surface area contributed by atoms with Gasteiger partial charge in [-0.25, -0.2) is 8.78 Å². The maximum absolute atomic E-state index is 11.4.